The van der Waals surface area contributed by atoms with E-state index in [-0.39, 0.29) is 32.3 Å². The minimum absolute atomic E-state index is 0.0976. The quantitative estimate of drug-likeness (QED) is 0.0279. The molecule has 2 unspecified atom stereocenters. The standard InChI is InChI=1S/C41H76NO7P/c1-3-5-7-9-11-13-15-16-17-18-19-20-21-22-23-25-27-29-31-33-36-46-38-40(39-48-50(44,45)47-37-35-42)49-41(43)34-32-30-28-26-24-14-12-10-8-6-4-2/h5,7,11,13,16-17,19-20,40H,3-4,6,8-10,12,14-15,18,21-39,42H2,1-2H3,(H,44,45)/b7-5-,13-11-,17-16-,20-19-. The summed E-state index contributed by atoms with van der Waals surface area (Å²) >= 11 is 0. The molecule has 0 aliphatic rings. The van der Waals surface area contributed by atoms with Crippen LogP contribution in [-0.4, -0.2) is 49.9 Å². The Morgan fingerprint density at radius 2 is 1.12 bits per heavy atom. The Bertz CT molecular complexity index is 905. The second-order valence-electron chi connectivity index (χ2n) is 13.1. The summed E-state index contributed by atoms with van der Waals surface area (Å²) in [6.45, 7) is 4.77. The molecule has 0 aromatic heterocycles. The molecule has 0 aliphatic heterocycles. The van der Waals surface area contributed by atoms with Gasteiger partial charge < -0.3 is 20.1 Å². The number of rotatable bonds is 38. The number of nitrogens with two attached hydrogens (primary N) is 1. The van der Waals surface area contributed by atoms with Crippen LogP contribution in [0.4, 0.5) is 0 Å². The number of esters is 1. The topological polar surface area (TPSA) is 117 Å². The zero-order chi connectivity index (χ0) is 36.6. The lowest BCUT2D eigenvalue weighted by atomic mass is 10.1. The number of hydrogen-bond acceptors (Lipinski definition) is 7. The highest BCUT2D eigenvalue weighted by Crippen LogP contribution is 2.43. The van der Waals surface area contributed by atoms with Crippen molar-refractivity contribution >= 4 is 13.8 Å². The third-order valence-corrected chi connectivity index (χ3v) is 9.24. The molecule has 0 aliphatic carbocycles. The van der Waals surface area contributed by atoms with Crippen LogP contribution in [0.15, 0.2) is 48.6 Å². The fourth-order valence-electron chi connectivity index (χ4n) is 5.34. The van der Waals surface area contributed by atoms with E-state index in [0.717, 1.165) is 64.2 Å². The van der Waals surface area contributed by atoms with Gasteiger partial charge in [-0.05, 0) is 51.4 Å². The molecular formula is C41H76NO7P. The number of phosphoric ester groups is 1. The van der Waals surface area contributed by atoms with Gasteiger partial charge in [-0.25, -0.2) is 4.57 Å². The summed E-state index contributed by atoms with van der Waals surface area (Å²) in [5.41, 5.74) is 5.35. The van der Waals surface area contributed by atoms with Crippen LogP contribution in [0, 0.1) is 0 Å². The van der Waals surface area contributed by atoms with Crippen molar-refractivity contribution in [1.29, 1.82) is 0 Å². The van der Waals surface area contributed by atoms with Crippen molar-refractivity contribution in [1.82, 2.24) is 0 Å². The van der Waals surface area contributed by atoms with Crippen LogP contribution < -0.4 is 5.73 Å². The number of hydrogen-bond donors (Lipinski definition) is 2. The van der Waals surface area contributed by atoms with Crippen LogP contribution in [-0.2, 0) is 27.9 Å². The molecule has 9 heteroatoms. The normalized spacial score (nSPS) is 14.1. The minimum Gasteiger partial charge on any atom is -0.457 e. The lowest BCUT2D eigenvalue weighted by molar-refractivity contribution is -0.154. The molecular weight excluding hydrogens is 649 g/mol. The summed E-state index contributed by atoms with van der Waals surface area (Å²) in [6, 6.07) is 0. The Kier molecular flexibility index (Phi) is 37.5. The maximum Gasteiger partial charge on any atom is 0.472 e. The van der Waals surface area contributed by atoms with Gasteiger partial charge in [0.2, 0.25) is 0 Å². The van der Waals surface area contributed by atoms with Crippen molar-refractivity contribution in [2.75, 3.05) is 33.0 Å². The number of carbonyl (C=O) groups is 1. The zero-order valence-corrected chi connectivity index (χ0v) is 33.0. The molecule has 292 valence electrons. The number of phosphoric acid groups is 1. The summed E-state index contributed by atoms with van der Waals surface area (Å²) in [5, 5.41) is 0. The van der Waals surface area contributed by atoms with Crippen LogP contribution in [0.1, 0.15) is 168 Å². The maximum atomic E-state index is 12.5. The third kappa shape index (κ3) is 37.7. The molecule has 8 nitrogen and oxygen atoms in total. The van der Waals surface area contributed by atoms with Gasteiger partial charge in [0.15, 0.2) is 0 Å². The van der Waals surface area contributed by atoms with E-state index in [1.807, 2.05) is 0 Å². The molecule has 3 N–H and O–H groups in total. The Labute approximate surface area is 307 Å². The van der Waals surface area contributed by atoms with Crippen molar-refractivity contribution in [3.8, 4) is 0 Å². The van der Waals surface area contributed by atoms with Crippen molar-refractivity contribution in [3.05, 3.63) is 48.6 Å². The van der Waals surface area contributed by atoms with Crippen molar-refractivity contribution in [2.45, 2.75) is 174 Å². The second kappa shape index (κ2) is 38.7. The van der Waals surface area contributed by atoms with Crippen LogP contribution in [0.3, 0.4) is 0 Å². The molecule has 0 aromatic rings. The van der Waals surface area contributed by atoms with E-state index >= 15 is 0 Å². The van der Waals surface area contributed by atoms with E-state index < -0.39 is 13.9 Å². The lowest BCUT2D eigenvalue weighted by Gasteiger charge is -2.20. The monoisotopic (exact) mass is 726 g/mol. The van der Waals surface area contributed by atoms with E-state index in [9.17, 15) is 14.3 Å². The third-order valence-electron chi connectivity index (χ3n) is 8.26. The summed E-state index contributed by atoms with van der Waals surface area (Å²) in [4.78, 5) is 22.4. The molecule has 50 heavy (non-hydrogen) atoms. The Morgan fingerprint density at radius 3 is 1.68 bits per heavy atom. The van der Waals surface area contributed by atoms with Gasteiger partial charge >= 0.3 is 13.8 Å². The van der Waals surface area contributed by atoms with Crippen molar-refractivity contribution in [3.63, 3.8) is 0 Å². The maximum absolute atomic E-state index is 12.5. The zero-order valence-electron chi connectivity index (χ0n) is 32.1. The van der Waals surface area contributed by atoms with Gasteiger partial charge in [-0.1, -0.05) is 159 Å². The summed E-state index contributed by atoms with van der Waals surface area (Å²) < 4.78 is 33.3. The van der Waals surface area contributed by atoms with E-state index in [1.54, 1.807) is 0 Å². The summed E-state index contributed by atoms with van der Waals surface area (Å²) in [7, 11) is -4.27. The van der Waals surface area contributed by atoms with Gasteiger partial charge in [-0.3, -0.25) is 13.8 Å². The second-order valence-corrected chi connectivity index (χ2v) is 14.6. The first-order chi connectivity index (χ1) is 24.4. The van der Waals surface area contributed by atoms with Gasteiger partial charge in [-0.2, -0.15) is 0 Å². The first-order valence-corrected chi connectivity index (χ1v) is 21.6. The highest BCUT2D eigenvalue weighted by Gasteiger charge is 2.25. The van der Waals surface area contributed by atoms with Crippen LogP contribution in [0.2, 0.25) is 0 Å². The molecule has 2 atom stereocenters. The summed E-state index contributed by atoms with van der Waals surface area (Å²) in [6.07, 6.45) is 44.1. The van der Waals surface area contributed by atoms with Crippen LogP contribution >= 0.6 is 7.82 Å². The molecule has 0 amide bonds. The molecule has 0 bridgehead atoms. The van der Waals surface area contributed by atoms with Crippen LogP contribution in [0.5, 0.6) is 0 Å². The molecule has 0 rings (SSSR count). The first kappa shape index (κ1) is 48.5. The lowest BCUT2D eigenvalue weighted by Crippen LogP contribution is -2.28. The van der Waals surface area contributed by atoms with Crippen LogP contribution in [0.25, 0.3) is 0 Å². The molecule has 0 saturated carbocycles. The molecule has 0 radical (unpaired) electrons. The number of carbonyl (C=O) groups excluding carboxylic acids is 1. The number of ether oxygens (including phenoxy) is 2. The smallest absolute Gasteiger partial charge is 0.457 e. The predicted molar refractivity (Wildman–Crippen MR) is 210 cm³/mol. The minimum atomic E-state index is -4.27. The molecule has 0 saturated heterocycles. The SMILES string of the molecule is CC/C=C\C/C=C\C/C=C\C/C=C\CCCCCCCCCOCC(COP(=O)(O)OCCN)OC(=O)CCCCCCCCCCCCC. The average Bonchev–Trinajstić information content (AvgIpc) is 3.10. The highest BCUT2D eigenvalue weighted by atomic mass is 31.2. The average molecular weight is 726 g/mol. The van der Waals surface area contributed by atoms with Gasteiger partial charge in [0.1, 0.15) is 6.10 Å². The molecule has 0 spiro atoms. The first-order valence-electron chi connectivity index (χ1n) is 20.1. The van der Waals surface area contributed by atoms with Gasteiger partial charge in [0, 0.05) is 19.6 Å². The van der Waals surface area contributed by atoms with Gasteiger partial charge in [-0.15, -0.1) is 0 Å². The number of unbranched alkanes of at least 4 members (excludes halogenated alkanes) is 17. The molecule has 0 heterocycles. The van der Waals surface area contributed by atoms with E-state index in [4.69, 9.17) is 24.3 Å². The largest absolute Gasteiger partial charge is 0.472 e. The van der Waals surface area contributed by atoms with E-state index in [2.05, 4.69) is 62.5 Å². The Hall–Kier alpha value is -1.54. The van der Waals surface area contributed by atoms with Crippen molar-refractivity contribution in [2.24, 2.45) is 5.73 Å². The fourth-order valence-corrected chi connectivity index (χ4v) is 6.11. The van der Waals surface area contributed by atoms with Crippen molar-refractivity contribution < 1.29 is 32.8 Å². The predicted octanol–water partition coefficient (Wildman–Crippen LogP) is 11.6. The fraction of sp³-hybridized carbons (Fsp3) is 0.780. The van der Waals surface area contributed by atoms with Gasteiger partial charge in [0.25, 0.3) is 0 Å². The van der Waals surface area contributed by atoms with E-state index in [0.29, 0.717) is 13.0 Å². The molecule has 0 fully saturated rings. The highest BCUT2D eigenvalue weighted by molar-refractivity contribution is 7.47. The molecule has 0 aromatic carbocycles. The number of allylic oxidation sites excluding steroid dienone is 8. The summed E-state index contributed by atoms with van der Waals surface area (Å²) in [5.74, 6) is -0.337. The Balaban J connectivity index is 4.04. The van der Waals surface area contributed by atoms with E-state index in [1.165, 1.54) is 83.5 Å². The Morgan fingerprint density at radius 1 is 0.620 bits per heavy atom. The van der Waals surface area contributed by atoms with Gasteiger partial charge in [0.05, 0.1) is 19.8 Å².